The Hall–Kier alpha value is -2.17. The summed E-state index contributed by atoms with van der Waals surface area (Å²) in [6.45, 7) is 5.42. The highest BCUT2D eigenvalue weighted by molar-refractivity contribution is 5.55. The Morgan fingerprint density at radius 3 is 2.70 bits per heavy atom. The Balaban J connectivity index is 2.14. The number of benzene rings is 1. The number of methoxy groups -OCH3 is 1. The molecular formula is C15H21N3O2. The van der Waals surface area contributed by atoms with Crippen molar-refractivity contribution in [2.24, 2.45) is 0 Å². The van der Waals surface area contributed by atoms with Crippen LogP contribution in [0.15, 0.2) is 24.3 Å². The maximum Gasteiger partial charge on any atom is 0.146 e. The van der Waals surface area contributed by atoms with Gasteiger partial charge in [-0.25, -0.2) is 0 Å². The van der Waals surface area contributed by atoms with Crippen LogP contribution in [-0.4, -0.2) is 16.9 Å². The first-order chi connectivity index (χ1) is 9.67. The third kappa shape index (κ3) is 3.04. The number of nitrogens with zero attached hydrogens (tertiary/aromatic N) is 2. The van der Waals surface area contributed by atoms with Crippen LogP contribution >= 0.6 is 0 Å². The van der Waals surface area contributed by atoms with Gasteiger partial charge in [0.2, 0.25) is 0 Å². The van der Waals surface area contributed by atoms with Crippen LogP contribution < -0.4 is 15.2 Å². The monoisotopic (exact) mass is 275 g/mol. The van der Waals surface area contributed by atoms with Gasteiger partial charge in [0, 0.05) is 12.6 Å². The fraction of sp³-hybridized carbons (Fsp3) is 0.400. The predicted molar refractivity (Wildman–Crippen MR) is 79.0 cm³/mol. The molecular weight excluding hydrogens is 254 g/mol. The van der Waals surface area contributed by atoms with Crippen molar-refractivity contribution in [3.8, 4) is 11.5 Å². The summed E-state index contributed by atoms with van der Waals surface area (Å²) >= 11 is 0. The SMILES string of the molecule is CCc1cc(COc2cc(OC)ccc2N)n(CC)n1. The first-order valence-electron chi connectivity index (χ1n) is 6.79. The molecule has 0 fully saturated rings. The summed E-state index contributed by atoms with van der Waals surface area (Å²) in [6.07, 6.45) is 0.918. The van der Waals surface area contributed by atoms with Gasteiger partial charge in [-0.05, 0) is 31.5 Å². The fourth-order valence-corrected chi connectivity index (χ4v) is 2.00. The van der Waals surface area contributed by atoms with Gasteiger partial charge >= 0.3 is 0 Å². The molecule has 2 aromatic rings. The van der Waals surface area contributed by atoms with E-state index in [4.69, 9.17) is 15.2 Å². The Kier molecular flexibility index (Phi) is 4.50. The zero-order valence-corrected chi connectivity index (χ0v) is 12.2. The minimum absolute atomic E-state index is 0.443. The zero-order chi connectivity index (χ0) is 14.5. The second kappa shape index (κ2) is 6.32. The summed E-state index contributed by atoms with van der Waals surface area (Å²) in [6, 6.07) is 7.46. The van der Waals surface area contributed by atoms with Crippen LogP contribution in [0.3, 0.4) is 0 Å². The van der Waals surface area contributed by atoms with E-state index < -0.39 is 0 Å². The average Bonchev–Trinajstić information content (AvgIpc) is 2.89. The Morgan fingerprint density at radius 2 is 2.05 bits per heavy atom. The van der Waals surface area contributed by atoms with Gasteiger partial charge in [0.1, 0.15) is 18.1 Å². The van der Waals surface area contributed by atoms with E-state index in [1.54, 1.807) is 19.2 Å². The van der Waals surface area contributed by atoms with Gasteiger partial charge < -0.3 is 15.2 Å². The number of aryl methyl sites for hydroxylation is 2. The molecule has 5 heteroatoms. The molecule has 108 valence electrons. The van der Waals surface area contributed by atoms with Gasteiger partial charge in [0.15, 0.2) is 0 Å². The van der Waals surface area contributed by atoms with Crippen molar-refractivity contribution in [3.63, 3.8) is 0 Å². The smallest absolute Gasteiger partial charge is 0.146 e. The van der Waals surface area contributed by atoms with Crippen molar-refractivity contribution in [2.75, 3.05) is 12.8 Å². The summed E-state index contributed by atoms with van der Waals surface area (Å²) in [5.41, 5.74) is 8.63. The first kappa shape index (κ1) is 14.2. The topological polar surface area (TPSA) is 62.3 Å². The molecule has 0 aliphatic heterocycles. The number of ether oxygens (including phenoxy) is 2. The van der Waals surface area contributed by atoms with E-state index in [1.807, 2.05) is 10.7 Å². The van der Waals surface area contributed by atoms with Crippen LogP contribution in [0.5, 0.6) is 11.5 Å². The second-order valence-electron chi connectivity index (χ2n) is 4.49. The van der Waals surface area contributed by atoms with Gasteiger partial charge in [-0.1, -0.05) is 6.92 Å². The molecule has 0 saturated carbocycles. The minimum Gasteiger partial charge on any atom is -0.497 e. The van der Waals surface area contributed by atoms with Crippen molar-refractivity contribution in [1.82, 2.24) is 9.78 Å². The van der Waals surface area contributed by atoms with Gasteiger partial charge in [0.05, 0.1) is 24.2 Å². The zero-order valence-electron chi connectivity index (χ0n) is 12.2. The Bertz CT molecular complexity index is 578. The molecule has 0 unspecified atom stereocenters. The lowest BCUT2D eigenvalue weighted by Crippen LogP contribution is -2.07. The highest BCUT2D eigenvalue weighted by Gasteiger charge is 2.08. The van der Waals surface area contributed by atoms with Gasteiger partial charge in [0.25, 0.3) is 0 Å². The van der Waals surface area contributed by atoms with Gasteiger partial charge in [-0.2, -0.15) is 5.10 Å². The normalized spacial score (nSPS) is 10.6. The lowest BCUT2D eigenvalue weighted by molar-refractivity contribution is 0.292. The van der Waals surface area contributed by atoms with Crippen molar-refractivity contribution in [3.05, 3.63) is 35.7 Å². The molecule has 20 heavy (non-hydrogen) atoms. The third-order valence-corrected chi connectivity index (χ3v) is 3.17. The van der Waals surface area contributed by atoms with Crippen LogP contribution in [-0.2, 0) is 19.6 Å². The largest absolute Gasteiger partial charge is 0.497 e. The molecule has 0 amide bonds. The van der Waals surface area contributed by atoms with Crippen LogP contribution in [0.4, 0.5) is 5.69 Å². The summed E-state index contributed by atoms with van der Waals surface area (Å²) in [7, 11) is 1.62. The van der Waals surface area contributed by atoms with Crippen molar-refractivity contribution < 1.29 is 9.47 Å². The van der Waals surface area contributed by atoms with Gasteiger partial charge in [-0.3, -0.25) is 4.68 Å². The third-order valence-electron chi connectivity index (χ3n) is 3.17. The van der Waals surface area contributed by atoms with Crippen molar-refractivity contribution in [1.29, 1.82) is 0 Å². The quantitative estimate of drug-likeness (QED) is 0.823. The van der Waals surface area contributed by atoms with Crippen LogP contribution in [0.2, 0.25) is 0 Å². The van der Waals surface area contributed by atoms with Crippen molar-refractivity contribution >= 4 is 5.69 Å². The Labute approximate surface area is 119 Å². The molecule has 0 aliphatic rings. The summed E-state index contributed by atoms with van der Waals surface area (Å²) < 4.78 is 12.9. The summed E-state index contributed by atoms with van der Waals surface area (Å²) in [5, 5.41) is 4.50. The summed E-state index contributed by atoms with van der Waals surface area (Å²) in [5.74, 6) is 1.36. The van der Waals surface area contributed by atoms with E-state index in [9.17, 15) is 0 Å². The van der Waals surface area contributed by atoms with E-state index in [1.165, 1.54) is 0 Å². The number of aromatic nitrogens is 2. The number of hydrogen-bond donors (Lipinski definition) is 1. The fourth-order valence-electron chi connectivity index (χ4n) is 2.00. The number of hydrogen-bond acceptors (Lipinski definition) is 4. The van der Waals surface area contributed by atoms with E-state index in [0.717, 1.165) is 30.1 Å². The standard InChI is InChI=1S/C15H21N3O2/c1-4-11-8-12(18(5-2)17-11)10-20-15-9-13(19-3)6-7-14(15)16/h6-9H,4-5,10,16H2,1-3H3. The molecule has 2 rings (SSSR count). The highest BCUT2D eigenvalue weighted by atomic mass is 16.5. The minimum atomic E-state index is 0.443. The van der Waals surface area contributed by atoms with Crippen LogP contribution in [0.1, 0.15) is 25.2 Å². The molecule has 5 nitrogen and oxygen atoms in total. The maximum absolute atomic E-state index is 5.91. The molecule has 0 saturated heterocycles. The average molecular weight is 275 g/mol. The van der Waals surface area contributed by atoms with E-state index >= 15 is 0 Å². The Morgan fingerprint density at radius 1 is 1.25 bits per heavy atom. The molecule has 0 atom stereocenters. The molecule has 1 heterocycles. The second-order valence-corrected chi connectivity index (χ2v) is 4.49. The van der Waals surface area contributed by atoms with E-state index in [2.05, 4.69) is 25.0 Å². The predicted octanol–water partition coefficient (Wildman–Crippen LogP) is 2.64. The molecule has 2 N–H and O–H groups in total. The van der Waals surface area contributed by atoms with Crippen LogP contribution in [0, 0.1) is 0 Å². The molecule has 1 aromatic heterocycles. The van der Waals surface area contributed by atoms with Crippen molar-refractivity contribution in [2.45, 2.75) is 33.4 Å². The van der Waals surface area contributed by atoms with Gasteiger partial charge in [-0.15, -0.1) is 0 Å². The maximum atomic E-state index is 5.91. The molecule has 0 aliphatic carbocycles. The lowest BCUT2D eigenvalue weighted by Gasteiger charge is -2.11. The van der Waals surface area contributed by atoms with Crippen LogP contribution in [0.25, 0.3) is 0 Å². The molecule has 1 aromatic carbocycles. The number of nitrogen functional groups attached to an aromatic ring is 1. The lowest BCUT2D eigenvalue weighted by atomic mass is 10.3. The number of nitrogens with two attached hydrogens (primary N) is 1. The highest BCUT2D eigenvalue weighted by Crippen LogP contribution is 2.27. The molecule has 0 spiro atoms. The molecule has 0 radical (unpaired) electrons. The van der Waals surface area contributed by atoms with E-state index in [0.29, 0.717) is 18.0 Å². The molecule has 0 bridgehead atoms. The number of rotatable bonds is 6. The first-order valence-corrected chi connectivity index (χ1v) is 6.79. The number of anilines is 1. The summed E-state index contributed by atoms with van der Waals surface area (Å²) in [4.78, 5) is 0. The van der Waals surface area contributed by atoms with E-state index in [-0.39, 0.29) is 0 Å².